The molecule has 26 heavy (non-hydrogen) atoms. The van der Waals surface area contributed by atoms with E-state index in [-0.39, 0.29) is 0 Å². The Morgan fingerprint density at radius 3 is 2.42 bits per heavy atom. The molecule has 0 fully saturated rings. The molecule has 0 aliphatic heterocycles. The highest BCUT2D eigenvalue weighted by Gasteiger charge is 2.31. The predicted octanol–water partition coefficient (Wildman–Crippen LogP) is 4.14. The number of nitrogens with zero attached hydrogens (tertiary/aromatic N) is 1. The van der Waals surface area contributed by atoms with Gasteiger partial charge in [-0.25, -0.2) is 8.42 Å². The summed E-state index contributed by atoms with van der Waals surface area (Å²) in [7, 11) is -3.66. The minimum absolute atomic E-state index is 0.326. The highest BCUT2D eigenvalue weighted by atomic mass is 35.5. The van der Waals surface area contributed by atoms with Gasteiger partial charge in [0.15, 0.2) is 0 Å². The number of anilines is 2. The first kappa shape index (κ1) is 20.3. The van der Waals surface area contributed by atoms with Crippen LogP contribution in [0.25, 0.3) is 0 Å². The Bertz CT molecular complexity index is 913. The topological polar surface area (TPSA) is 66.5 Å². The summed E-state index contributed by atoms with van der Waals surface area (Å²) in [5, 5.41) is 3.35. The molecule has 2 aromatic rings. The van der Waals surface area contributed by atoms with Gasteiger partial charge in [-0.2, -0.15) is 0 Å². The number of hydrogen-bond acceptors (Lipinski definition) is 3. The van der Waals surface area contributed by atoms with Gasteiger partial charge >= 0.3 is 0 Å². The van der Waals surface area contributed by atoms with Crippen molar-refractivity contribution in [3.8, 4) is 0 Å². The van der Waals surface area contributed by atoms with Gasteiger partial charge in [0, 0.05) is 10.7 Å². The summed E-state index contributed by atoms with van der Waals surface area (Å²) in [6, 6.07) is 11.4. The van der Waals surface area contributed by atoms with Crippen molar-refractivity contribution < 1.29 is 13.2 Å². The fourth-order valence-corrected chi connectivity index (χ4v) is 4.16. The van der Waals surface area contributed by atoms with Crippen molar-refractivity contribution in [1.29, 1.82) is 0 Å². The summed E-state index contributed by atoms with van der Waals surface area (Å²) in [5.41, 5.74) is 2.69. The van der Waals surface area contributed by atoms with E-state index in [4.69, 9.17) is 11.6 Å². The molecule has 1 N–H and O–H groups in total. The summed E-state index contributed by atoms with van der Waals surface area (Å²) in [6.45, 7) is 5.46. The van der Waals surface area contributed by atoms with Crippen LogP contribution in [0.15, 0.2) is 42.5 Å². The van der Waals surface area contributed by atoms with Gasteiger partial charge in [-0.3, -0.25) is 9.10 Å². The van der Waals surface area contributed by atoms with Gasteiger partial charge < -0.3 is 5.32 Å². The van der Waals surface area contributed by atoms with Crippen LogP contribution in [0.2, 0.25) is 5.02 Å². The van der Waals surface area contributed by atoms with Gasteiger partial charge in [0.05, 0.1) is 11.9 Å². The predicted molar refractivity (Wildman–Crippen MR) is 107 cm³/mol. The number of carbonyl (C=O) groups excluding carboxylic acids is 1. The number of nitrogens with one attached hydrogen (secondary N) is 1. The van der Waals surface area contributed by atoms with Crippen LogP contribution < -0.4 is 9.62 Å². The number of rotatable bonds is 6. The van der Waals surface area contributed by atoms with Crippen molar-refractivity contribution in [2.24, 2.45) is 0 Å². The molecule has 5 nitrogen and oxygen atoms in total. The summed E-state index contributed by atoms with van der Waals surface area (Å²) < 4.78 is 26.1. The van der Waals surface area contributed by atoms with E-state index >= 15 is 0 Å². The fourth-order valence-electron chi connectivity index (χ4n) is 2.78. The van der Waals surface area contributed by atoms with Gasteiger partial charge in [0.1, 0.15) is 6.04 Å². The number of carbonyl (C=O) groups is 1. The lowest BCUT2D eigenvalue weighted by Crippen LogP contribution is -2.47. The second-order valence-corrected chi connectivity index (χ2v) is 8.49. The fraction of sp³-hybridized carbons (Fsp3) is 0.316. The summed E-state index contributed by atoms with van der Waals surface area (Å²) in [6.07, 6.45) is 1.43. The third-order valence-corrected chi connectivity index (χ3v) is 5.70. The lowest BCUT2D eigenvalue weighted by Gasteiger charge is -2.30. The molecule has 7 heteroatoms. The zero-order valence-electron chi connectivity index (χ0n) is 15.3. The number of benzene rings is 2. The van der Waals surface area contributed by atoms with Crippen molar-refractivity contribution in [2.75, 3.05) is 15.9 Å². The molecule has 2 aromatic carbocycles. The SMILES string of the molecule is CC[C@@H](C(=O)Nc1cccc(Cl)c1C)N(c1cccc(C)c1)S(C)(=O)=O. The summed E-state index contributed by atoms with van der Waals surface area (Å²) in [4.78, 5) is 12.9. The van der Waals surface area contributed by atoms with Crippen LogP contribution in [0, 0.1) is 13.8 Å². The third kappa shape index (κ3) is 4.56. The van der Waals surface area contributed by atoms with Crippen molar-refractivity contribution in [3.05, 3.63) is 58.6 Å². The molecule has 0 saturated carbocycles. The van der Waals surface area contributed by atoms with Gasteiger partial charge in [-0.1, -0.05) is 36.7 Å². The van der Waals surface area contributed by atoms with Crippen LogP contribution in [-0.2, 0) is 14.8 Å². The normalized spacial score (nSPS) is 12.5. The number of amides is 1. The average Bonchev–Trinajstić information content (AvgIpc) is 2.55. The second kappa shape index (κ2) is 8.10. The zero-order valence-corrected chi connectivity index (χ0v) is 16.9. The molecule has 0 heterocycles. The number of hydrogen-bond donors (Lipinski definition) is 1. The Morgan fingerprint density at radius 1 is 1.19 bits per heavy atom. The maximum atomic E-state index is 12.9. The Labute approximate surface area is 160 Å². The van der Waals surface area contributed by atoms with E-state index in [0.717, 1.165) is 17.4 Å². The van der Waals surface area contributed by atoms with Gasteiger partial charge in [0.2, 0.25) is 15.9 Å². The molecule has 0 aromatic heterocycles. The van der Waals surface area contributed by atoms with Crippen LogP contribution in [0.3, 0.4) is 0 Å². The first-order valence-electron chi connectivity index (χ1n) is 8.27. The highest BCUT2D eigenvalue weighted by Crippen LogP contribution is 2.26. The zero-order chi connectivity index (χ0) is 19.5. The number of aryl methyl sites for hydroxylation is 1. The highest BCUT2D eigenvalue weighted by molar-refractivity contribution is 7.92. The summed E-state index contributed by atoms with van der Waals surface area (Å²) in [5.74, 6) is -0.398. The first-order valence-corrected chi connectivity index (χ1v) is 10.5. The number of sulfonamides is 1. The van der Waals surface area contributed by atoms with E-state index in [1.54, 1.807) is 50.2 Å². The molecular weight excluding hydrogens is 372 g/mol. The van der Waals surface area contributed by atoms with Gasteiger partial charge in [-0.05, 0) is 55.7 Å². The van der Waals surface area contributed by atoms with Gasteiger partial charge in [-0.15, -0.1) is 0 Å². The quantitative estimate of drug-likeness (QED) is 0.800. The molecule has 2 rings (SSSR count). The maximum absolute atomic E-state index is 12.9. The van der Waals surface area contributed by atoms with Crippen LogP contribution in [-0.4, -0.2) is 26.6 Å². The van der Waals surface area contributed by atoms with E-state index in [9.17, 15) is 13.2 Å². The minimum atomic E-state index is -3.66. The van der Waals surface area contributed by atoms with Crippen LogP contribution in [0.4, 0.5) is 11.4 Å². The molecule has 0 spiro atoms. The van der Waals surface area contributed by atoms with E-state index in [2.05, 4.69) is 5.32 Å². The van der Waals surface area contributed by atoms with Crippen molar-refractivity contribution in [1.82, 2.24) is 0 Å². The molecule has 1 atom stereocenters. The van der Waals surface area contributed by atoms with Crippen LogP contribution >= 0.6 is 11.6 Å². The molecule has 0 saturated heterocycles. The lowest BCUT2D eigenvalue weighted by atomic mass is 10.1. The molecule has 140 valence electrons. The monoisotopic (exact) mass is 394 g/mol. The van der Waals surface area contributed by atoms with Crippen molar-refractivity contribution in [3.63, 3.8) is 0 Å². The smallest absolute Gasteiger partial charge is 0.248 e. The van der Waals surface area contributed by atoms with Crippen molar-refractivity contribution in [2.45, 2.75) is 33.2 Å². The Balaban J connectivity index is 2.42. The van der Waals surface area contributed by atoms with E-state index in [1.165, 1.54) is 4.31 Å². The molecule has 0 bridgehead atoms. The third-order valence-electron chi connectivity index (χ3n) is 4.11. The van der Waals surface area contributed by atoms with Crippen LogP contribution in [0.5, 0.6) is 0 Å². The standard InChI is InChI=1S/C19H23ClN2O3S/c1-5-18(19(23)21-17-11-7-10-16(20)14(17)3)22(26(4,24)25)15-9-6-8-13(2)12-15/h6-12,18H,5H2,1-4H3,(H,21,23)/t18-/m0/s1. The van der Waals surface area contributed by atoms with Crippen LogP contribution in [0.1, 0.15) is 24.5 Å². The number of halogens is 1. The van der Waals surface area contributed by atoms with E-state index in [1.807, 2.05) is 13.0 Å². The molecule has 0 unspecified atom stereocenters. The average molecular weight is 395 g/mol. The lowest BCUT2D eigenvalue weighted by molar-refractivity contribution is -0.117. The maximum Gasteiger partial charge on any atom is 0.248 e. The largest absolute Gasteiger partial charge is 0.324 e. The molecule has 0 radical (unpaired) electrons. The Hall–Kier alpha value is -2.05. The molecular formula is C19H23ClN2O3S. The first-order chi connectivity index (χ1) is 12.1. The summed E-state index contributed by atoms with van der Waals surface area (Å²) >= 11 is 6.10. The van der Waals surface area contributed by atoms with E-state index < -0.39 is 22.0 Å². The van der Waals surface area contributed by atoms with Gasteiger partial charge in [0.25, 0.3) is 0 Å². The minimum Gasteiger partial charge on any atom is -0.324 e. The molecule has 1 amide bonds. The molecule has 0 aliphatic rings. The molecule has 0 aliphatic carbocycles. The Morgan fingerprint density at radius 2 is 1.85 bits per heavy atom. The van der Waals surface area contributed by atoms with E-state index in [0.29, 0.717) is 22.8 Å². The Kier molecular flexibility index (Phi) is 6.31. The van der Waals surface area contributed by atoms with Crippen molar-refractivity contribution >= 4 is 38.9 Å². The second-order valence-electron chi connectivity index (χ2n) is 6.22.